The van der Waals surface area contributed by atoms with E-state index in [1.54, 1.807) is 12.1 Å². The Hall–Kier alpha value is -1.11. The molecule has 1 saturated heterocycles. The van der Waals surface area contributed by atoms with Crippen molar-refractivity contribution in [3.8, 4) is 0 Å². The van der Waals surface area contributed by atoms with Gasteiger partial charge in [0, 0.05) is 13.1 Å². The van der Waals surface area contributed by atoms with Crippen molar-refractivity contribution < 1.29 is 13.0 Å². The van der Waals surface area contributed by atoms with Crippen LogP contribution < -0.4 is 9.62 Å². The maximum absolute atomic E-state index is 11.6. The van der Waals surface area contributed by atoms with Gasteiger partial charge in [0.05, 0.1) is 5.69 Å². The summed E-state index contributed by atoms with van der Waals surface area (Å²) in [5, 5.41) is 3.33. The Morgan fingerprint density at radius 3 is 2.38 bits per heavy atom. The molecule has 1 aliphatic heterocycles. The number of hydrogen-bond acceptors (Lipinski definition) is 3. The van der Waals surface area contributed by atoms with Crippen LogP contribution in [-0.2, 0) is 10.3 Å². The summed E-state index contributed by atoms with van der Waals surface area (Å²) in [4.78, 5) is 0. The second kappa shape index (κ2) is 5.94. The number of hydrogen-bond donors (Lipinski definition) is 2. The van der Waals surface area contributed by atoms with Gasteiger partial charge in [-0.25, -0.2) is 4.31 Å². The SMILES string of the molecule is O=S(=O)(O)N(CC1CCC1)c1ccc(C2CCNC2)cc1. The Balaban J connectivity index is 1.78. The molecule has 1 aromatic rings. The van der Waals surface area contributed by atoms with Gasteiger partial charge in [-0.15, -0.1) is 0 Å². The lowest BCUT2D eigenvalue weighted by atomic mass is 9.85. The molecular formula is C15H22N2O3S. The number of nitrogens with one attached hydrogen (secondary N) is 1. The largest absolute Gasteiger partial charge is 0.359 e. The Bertz CT molecular complexity index is 575. The van der Waals surface area contributed by atoms with Gasteiger partial charge in [0.1, 0.15) is 0 Å². The summed E-state index contributed by atoms with van der Waals surface area (Å²) in [5.41, 5.74) is 1.78. The monoisotopic (exact) mass is 310 g/mol. The summed E-state index contributed by atoms with van der Waals surface area (Å²) in [6, 6.07) is 7.57. The molecule has 2 aliphatic rings. The third-order valence-corrected chi connectivity index (χ3v) is 5.56. The lowest BCUT2D eigenvalue weighted by Gasteiger charge is -2.31. The van der Waals surface area contributed by atoms with Crippen molar-refractivity contribution in [1.82, 2.24) is 5.32 Å². The Morgan fingerprint density at radius 2 is 1.90 bits per heavy atom. The first-order valence-corrected chi connectivity index (χ1v) is 8.99. The van der Waals surface area contributed by atoms with E-state index in [1.165, 1.54) is 5.56 Å². The summed E-state index contributed by atoms with van der Waals surface area (Å²) < 4.78 is 33.8. The van der Waals surface area contributed by atoms with Gasteiger partial charge in [-0.2, -0.15) is 8.42 Å². The van der Waals surface area contributed by atoms with Crippen molar-refractivity contribution in [3.05, 3.63) is 29.8 Å². The van der Waals surface area contributed by atoms with Gasteiger partial charge in [0.25, 0.3) is 0 Å². The fraction of sp³-hybridized carbons (Fsp3) is 0.600. The average Bonchev–Trinajstić information content (AvgIpc) is 2.90. The first kappa shape index (κ1) is 14.8. The zero-order valence-corrected chi connectivity index (χ0v) is 12.8. The molecule has 1 heterocycles. The minimum absolute atomic E-state index is 0.366. The topological polar surface area (TPSA) is 69.6 Å². The smallest absolute Gasteiger partial charge is 0.316 e. The highest BCUT2D eigenvalue weighted by molar-refractivity contribution is 7.87. The third kappa shape index (κ3) is 3.39. The summed E-state index contributed by atoms with van der Waals surface area (Å²) in [7, 11) is -4.20. The van der Waals surface area contributed by atoms with Crippen LogP contribution in [-0.4, -0.2) is 32.6 Å². The van der Waals surface area contributed by atoms with E-state index >= 15 is 0 Å². The molecule has 0 spiro atoms. The fourth-order valence-electron chi connectivity index (χ4n) is 3.09. The van der Waals surface area contributed by atoms with E-state index in [9.17, 15) is 13.0 Å². The highest BCUT2D eigenvalue weighted by Crippen LogP contribution is 2.31. The normalized spacial score (nSPS) is 23.0. The summed E-state index contributed by atoms with van der Waals surface area (Å²) >= 11 is 0. The quantitative estimate of drug-likeness (QED) is 0.818. The number of anilines is 1. The van der Waals surface area contributed by atoms with E-state index in [1.807, 2.05) is 12.1 Å². The summed E-state index contributed by atoms with van der Waals surface area (Å²) in [6.07, 6.45) is 4.34. The molecule has 0 radical (unpaired) electrons. The van der Waals surface area contributed by atoms with Crippen LogP contribution in [0.15, 0.2) is 24.3 Å². The second-order valence-electron chi connectivity index (χ2n) is 6.09. The number of nitrogens with zero attached hydrogens (tertiary/aromatic N) is 1. The van der Waals surface area contributed by atoms with Gasteiger partial charge >= 0.3 is 10.3 Å². The van der Waals surface area contributed by atoms with Crippen LogP contribution in [0.5, 0.6) is 0 Å². The number of rotatable bonds is 5. The van der Waals surface area contributed by atoms with E-state index in [4.69, 9.17) is 0 Å². The van der Waals surface area contributed by atoms with Crippen LogP contribution in [0.1, 0.15) is 37.2 Å². The van der Waals surface area contributed by atoms with Crippen LogP contribution in [0.2, 0.25) is 0 Å². The molecule has 1 aliphatic carbocycles. The molecule has 0 amide bonds. The zero-order valence-electron chi connectivity index (χ0n) is 12.0. The molecule has 6 heteroatoms. The predicted molar refractivity (Wildman–Crippen MR) is 82.9 cm³/mol. The lowest BCUT2D eigenvalue weighted by Crippen LogP contribution is -2.37. The molecule has 1 atom stereocenters. The van der Waals surface area contributed by atoms with Crippen molar-refractivity contribution in [2.24, 2.45) is 5.92 Å². The van der Waals surface area contributed by atoms with Gasteiger partial charge in [0.15, 0.2) is 0 Å². The first-order valence-electron chi connectivity index (χ1n) is 7.60. The van der Waals surface area contributed by atoms with E-state index < -0.39 is 10.3 Å². The maximum atomic E-state index is 11.6. The van der Waals surface area contributed by atoms with Crippen molar-refractivity contribution in [2.45, 2.75) is 31.6 Å². The zero-order chi connectivity index (χ0) is 14.9. The fourth-order valence-corrected chi connectivity index (χ4v) is 3.88. The van der Waals surface area contributed by atoms with Gasteiger partial charge in [-0.1, -0.05) is 18.6 Å². The van der Waals surface area contributed by atoms with E-state index in [0.29, 0.717) is 24.1 Å². The molecule has 1 unspecified atom stereocenters. The van der Waals surface area contributed by atoms with Crippen LogP contribution in [0.25, 0.3) is 0 Å². The van der Waals surface area contributed by atoms with Gasteiger partial charge in [-0.05, 0) is 55.3 Å². The minimum Gasteiger partial charge on any atom is -0.316 e. The van der Waals surface area contributed by atoms with Crippen molar-refractivity contribution in [1.29, 1.82) is 0 Å². The standard InChI is InChI=1S/C15H22N2O3S/c18-21(19,20)17(11-12-2-1-3-12)15-6-4-13(5-7-15)14-8-9-16-10-14/h4-7,12,14,16H,1-3,8-11H2,(H,18,19,20). The molecule has 116 valence electrons. The molecule has 1 saturated carbocycles. The Morgan fingerprint density at radius 1 is 1.19 bits per heavy atom. The molecule has 3 rings (SSSR count). The molecule has 1 aromatic carbocycles. The van der Waals surface area contributed by atoms with Crippen molar-refractivity contribution in [2.75, 3.05) is 23.9 Å². The number of benzene rings is 1. The van der Waals surface area contributed by atoms with E-state index in [2.05, 4.69) is 5.32 Å². The van der Waals surface area contributed by atoms with E-state index in [-0.39, 0.29) is 0 Å². The minimum atomic E-state index is -4.20. The van der Waals surface area contributed by atoms with Crippen molar-refractivity contribution >= 4 is 16.0 Å². The average molecular weight is 310 g/mol. The van der Waals surface area contributed by atoms with E-state index in [0.717, 1.165) is 43.1 Å². The molecule has 2 N–H and O–H groups in total. The third-order valence-electron chi connectivity index (χ3n) is 4.64. The van der Waals surface area contributed by atoms with Crippen LogP contribution in [0.3, 0.4) is 0 Å². The molecule has 5 nitrogen and oxygen atoms in total. The lowest BCUT2D eigenvalue weighted by molar-refractivity contribution is 0.323. The second-order valence-corrected chi connectivity index (χ2v) is 7.42. The predicted octanol–water partition coefficient (Wildman–Crippen LogP) is 2.17. The molecule has 0 bridgehead atoms. The first-order chi connectivity index (χ1) is 10.0. The highest BCUT2D eigenvalue weighted by atomic mass is 32.2. The van der Waals surface area contributed by atoms with Crippen LogP contribution in [0.4, 0.5) is 5.69 Å². The van der Waals surface area contributed by atoms with Crippen molar-refractivity contribution in [3.63, 3.8) is 0 Å². The van der Waals surface area contributed by atoms with Gasteiger partial charge < -0.3 is 5.32 Å². The summed E-state index contributed by atoms with van der Waals surface area (Å²) in [5.74, 6) is 0.871. The molecular weight excluding hydrogens is 288 g/mol. The molecule has 21 heavy (non-hydrogen) atoms. The molecule has 0 aromatic heterocycles. The van der Waals surface area contributed by atoms with Crippen LogP contribution >= 0.6 is 0 Å². The molecule has 2 fully saturated rings. The van der Waals surface area contributed by atoms with Gasteiger partial charge in [-0.3, -0.25) is 4.55 Å². The Kier molecular flexibility index (Phi) is 4.19. The highest BCUT2D eigenvalue weighted by Gasteiger charge is 2.27. The van der Waals surface area contributed by atoms with Crippen LogP contribution in [0, 0.1) is 5.92 Å². The Labute approximate surface area is 126 Å². The van der Waals surface area contributed by atoms with Gasteiger partial charge in [0.2, 0.25) is 0 Å². The summed E-state index contributed by atoms with van der Waals surface area (Å²) in [6.45, 7) is 2.39. The maximum Gasteiger partial charge on any atom is 0.359 e.